The normalized spacial score (nSPS) is 19.5. The topological polar surface area (TPSA) is 99.3 Å². The molecule has 0 aromatic rings. The number of carbonyl (C=O) groups excluding carboxylic acids is 3. The molecule has 1 rings (SSSR count). The largest absolute Gasteiger partial charge is 0.359 e. The van der Waals surface area contributed by atoms with Crippen molar-refractivity contribution < 1.29 is 14.4 Å². The van der Waals surface area contributed by atoms with Gasteiger partial charge in [-0.25, -0.2) is 4.79 Å². The van der Waals surface area contributed by atoms with Gasteiger partial charge in [-0.2, -0.15) is 0 Å². The maximum Gasteiger partial charge on any atom is 0.315 e. The molecule has 0 saturated carbocycles. The molecule has 1 heterocycles. The van der Waals surface area contributed by atoms with E-state index in [4.69, 9.17) is 0 Å². The van der Waals surface area contributed by atoms with Crippen LogP contribution in [-0.2, 0) is 9.59 Å². The summed E-state index contributed by atoms with van der Waals surface area (Å²) in [5, 5.41) is 11.3. The van der Waals surface area contributed by atoms with Crippen molar-refractivity contribution in [2.75, 3.05) is 13.6 Å². The van der Waals surface area contributed by atoms with Gasteiger partial charge in [0, 0.05) is 32.5 Å². The number of hydrogen-bond donors (Lipinski definition) is 4. The molecule has 7 nitrogen and oxygen atoms in total. The SMILES string of the molecule is CNC(=O)CCCCCNC(=O)CCCCC[C@H]1NC(=O)N[C@H]1C. The second-order valence-electron chi connectivity index (χ2n) is 6.45. The number of amides is 4. The van der Waals surface area contributed by atoms with Gasteiger partial charge in [0.25, 0.3) is 0 Å². The molecule has 1 saturated heterocycles. The van der Waals surface area contributed by atoms with E-state index < -0.39 is 0 Å². The van der Waals surface area contributed by atoms with Gasteiger partial charge in [0.1, 0.15) is 0 Å². The van der Waals surface area contributed by atoms with Crippen LogP contribution in [0, 0.1) is 0 Å². The minimum absolute atomic E-state index is 0.0707. The Bertz CT molecular complexity index is 415. The average Bonchev–Trinajstić information content (AvgIpc) is 2.87. The number of rotatable bonds is 12. The molecular formula is C17H32N4O3. The zero-order valence-electron chi connectivity index (χ0n) is 15.0. The monoisotopic (exact) mass is 340 g/mol. The van der Waals surface area contributed by atoms with E-state index in [2.05, 4.69) is 21.3 Å². The first-order valence-electron chi connectivity index (χ1n) is 9.07. The molecule has 0 unspecified atom stereocenters. The summed E-state index contributed by atoms with van der Waals surface area (Å²) in [6.07, 6.45) is 7.69. The molecule has 1 aliphatic rings. The molecule has 24 heavy (non-hydrogen) atoms. The van der Waals surface area contributed by atoms with Crippen LogP contribution in [0.1, 0.15) is 64.7 Å². The van der Waals surface area contributed by atoms with Gasteiger partial charge >= 0.3 is 6.03 Å². The van der Waals surface area contributed by atoms with E-state index in [0.29, 0.717) is 19.4 Å². The quantitative estimate of drug-likeness (QED) is 0.404. The Morgan fingerprint density at radius 1 is 0.958 bits per heavy atom. The highest BCUT2D eigenvalue weighted by molar-refractivity contribution is 5.77. The molecule has 1 aliphatic heterocycles. The lowest BCUT2D eigenvalue weighted by molar-refractivity contribution is -0.122. The van der Waals surface area contributed by atoms with Crippen LogP contribution in [0.5, 0.6) is 0 Å². The van der Waals surface area contributed by atoms with Crippen molar-refractivity contribution in [3.63, 3.8) is 0 Å². The first-order chi connectivity index (χ1) is 11.5. The molecule has 4 amide bonds. The van der Waals surface area contributed by atoms with Crippen LogP contribution in [-0.4, -0.2) is 43.5 Å². The van der Waals surface area contributed by atoms with Crippen LogP contribution in [0.3, 0.4) is 0 Å². The molecule has 0 aromatic heterocycles. The lowest BCUT2D eigenvalue weighted by Gasteiger charge is -2.13. The molecule has 2 atom stereocenters. The van der Waals surface area contributed by atoms with Crippen LogP contribution >= 0.6 is 0 Å². The highest BCUT2D eigenvalue weighted by Crippen LogP contribution is 2.11. The zero-order valence-corrected chi connectivity index (χ0v) is 15.0. The Balaban J connectivity index is 1.89. The summed E-state index contributed by atoms with van der Waals surface area (Å²) in [4.78, 5) is 33.9. The third-order valence-electron chi connectivity index (χ3n) is 4.38. The van der Waals surface area contributed by atoms with E-state index in [1.807, 2.05) is 6.92 Å². The van der Waals surface area contributed by atoms with Crippen LogP contribution in [0.4, 0.5) is 4.79 Å². The second kappa shape index (κ2) is 11.7. The van der Waals surface area contributed by atoms with Crippen LogP contribution in [0.2, 0.25) is 0 Å². The predicted octanol–water partition coefficient (Wildman–Crippen LogP) is 1.43. The van der Waals surface area contributed by atoms with Gasteiger partial charge < -0.3 is 21.3 Å². The third kappa shape index (κ3) is 8.74. The van der Waals surface area contributed by atoms with Gasteiger partial charge in [-0.1, -0.05) is 19.3 Å². The smallest absolute Gasteiger partial charge is 0.315 e. The molecule has 1 fully saturated rings. The molecule has 0 radical (unpaired) electrons. The summed E-state index contributed by atoms with van der Waals surface area (Å²) in [6.45, 7) is 2.69. The van der Waals surface area contributed by atoms with E-state index in [-0.39, 0.29) is 29.9 Å². The first-order valence-corrected chi connectivity index (χ1v) is 9.07. The van der Waals surface area contributed by atoms with Crippen LogP contribution < -0.4 is 21.3 Å². The fourth-order valence-corrected chi connectivity index (χ4v) is 2.82. The average molecular weight is 340 g/mol. The standard InChI is InChI=1S/C17H32N4O3/c1-13-14(21-17(24)20-13)9-5-3-6-11-16(23)19-12-8-4-7-10-15(22)18-2/h13-14H,3-12H2,1-2H3,(H,18,22)(H,19,23)(H2,20,21,24)/t13-,14+/m0/s1. The Kier molecular flexibility index (Phi) is 9.88. The first kappa shape index (κ1) is 20.3. The predicted molar refractivity (Wildman–Crippen MR) is 93.5 cm³/mol. The van der Waals surface area contributed by atoms with E-state index in [1.54, 1.807) is 7.05 Å². The van der Waals surface area contributed by atoms with Crippen molar-refractivity contribution in [3.8, 4) is 0 Å². The van der Waals surface area contributed by atoms with Crippen molar-refractivity contribution in [1.29, 1.82) is 0 Å². The summed E-state index contributed by atoms with van der Waals surface area (Å²) in [5.74, 6) is 0.173. The summed E-state index contributed by atoms with van der Waals surface area (Å²) in [6, 6.07) is 0.313. The Morgan fingerprint density at radius 2 is 1.62 bits per heavy atom. The molecule has 0 aromatic carbocycles. The lowest BCUT2D eigenvalue weighted by atomic mass is 10.0. The fraction of sp³-hybridized carbons (Fsp3) is 0.824. The number of hydrogen-bond acceptors (Lipinski definition) is 3. The third-order valence-corrected chi connectivity index (χ3v) is 4.38. The summed E-state index contributed by atoms with van der Waals surface area (Å²) >= 11 is 0. The van der Waals surface area contributed by atoms with Gasteiger partial charge in [-0.15, -0.1) is 0 Å². The van der Waals surface area contributed by atoms with Crippen molar-refractivity contribution >= 4 is 17.8 Å². The minimum atomic E-state index is -0.0813. The van der Waals surface area contributed by atoms with Crippen LogP contribution in [0.25, 0.3) is 0 Å². The van der Waals surface area contributed by atoms with Gasteiger partial charge in [-0.05, 0) is 32.6 Å². The van der Waals surface area contributed by atoms with Crippen molar-refractivity contribution in [3.05, 3.63) is 0 Å². The molecule has 138 valence electrons. The van der Waals surface area contributed by atoms with E-state index in [1.165, 1.54) is 0 Å². The van der Waals surface area contributed by atoms with E-state index in [9.17, 15) is 14.4 Å². The van der Waals surface area contributed by atoms with E-state index >= 15 is 0 Å². The Morgan fingerprint density at radius 3 is 2.25 bits per heavy atom. The summed E-state index contributed by atoms with van der Waals surface area (Å²) in [5.41, 5.74) is 0. The van der Waals surface area contributed by atoms with Gasteiger partial charge in [0.2, 0.25) is 11.8 Å². The van der Waals surface area contributed by atoms with E-state index in [0.717, 1.165) is 44.9 Å². The minimum Gasteiger partial charge on any atom is -0.359 e. The number of urea groups is 1. The highest BCUT2D eigenvalue weighted by atomic mass is 16.2. The maximum absolute atomic E-state index is 11.7. The lowest BCUT2D eigenvalue weighted by Crippen LogP contribution is -2.30. The number of nitrogens with one attached hydrogen (secondary N) is 4. The van der Waals surface area contributed by atoms with Crippen molar-refractivity contribution in [1.82, 2.24) is 21.3 Å². The molecule has 4 N–H and O–H groups in total. The second-order valence-corrected chi connectivity index (χ2v) is 6.45. The fourth-order valence-electron chi connectivity index (χ4n) is 2.82. The summed E-state index contributed by atoms with van der Waals surface area (Å²) < 4.78 is 0. The summed E-state index contributed by atoms with van der Waals surface area (Å²) in [7, 11) is 1.64. The van der Waals surface area contributed by atoms with Crippen molar-refractivity contribution in [2.45, 2.75) is 76.8 Å². The Hall–Kier alpha value is -1.79. The van der Waals surface area contributed by atoms with Crippen LogP contribution in [0.15, 0.2) is 0 Å². The molecule has 0 spiro atoms. The van der Waals surface area contributed by atoms with Gasteiger partial charge in [0.05, 0.1) is 6.04 Å². The zero-order chi connectivity index (χ0) is 17.8. The molecule has 0 aliphatic carbocycles. The van der Waals surface area contributed by atoms with Gasteiger partial charge in [-0.3, -0.25) is 9.59 Å². The van der Waals surface area contributed by atoms with Crippen molar-refractivity contribution in [2.24, 2.45) is 0 Å². The van der Waals surface area contributed by atoms with Gasteiger partial charge in [0.15, 0.2) is 0 Å². The molecular weight excluding hydrogens is 308 g/mol. The highest BCUT2D eigenvalue weighted by Gasteiger charge is 2.26. The number of unbranched alkanes of at least 4 members (excludes halogenated alkanes) is 4. The maximum atomic E-state index is 11.7. The molecule has 0 bridgehead atoms. The Labute approximate surface area is 144 Å². The number of carbonyl (C=O) groups is 3. The molecule has 7 heteroatoms.